The van der Waals surface area contributed by atoms with Crippen molar-refractivity contribution in [2.24, 2.45) is 0 Å². The summed E-state index contributed by atoms with van der Waals surface area (Å²) in [5.41, 5.74) is 0.460. The van der Waals surface area contributed by atoms with Crippen LogP contribution in [0, 0.1) is 0 Å². The predicted octanol–water partition coefficient (Wildman–Crippen LogP) is 0.559. The van der Waals surface area contributed by atoms with Crippen molar-refractivity contribution in [2.45, 2.75) is 24.9 Å². The maximum absolute atomic E-state index is 12.2. The summed E-state index contributed by atoms with van der Waals surface area (Å²) in [7, 11) is -4.77. The smallest absolute Gasteiger partial charge is 0.260 e. The van der Waals surface area contributed by atoms with Gasteiger partial charge >= 0.3 is 0 Å². The van der Waals surface area contributed by atoms with Crippen LogP contribution >= 0.6 is 0 Å². The molecule has 108 valence electrons. The second-order valence-electron chi connectivity index (χ2n) is 4.15. The van der Waals surface area contributed by atoms with Crippen molar-refractivity contribution in [1.29, 1.82) is 0 Å². The molecule has 2 unspecified atom stereocenters. The van der Waals surface area contributed by atoms with Crippen molar-refractivity contribution < 1.29 is 12.6 Å². The molecule has 0 saturated heterocycles. The van der Waals surface area contributed by atoms with E-state index in [0.717, 1.165) is 0 Å². The summed E-state index contributed by atoms with van der Waals surface area (Å²) in [4.78, 5) is 3.91. The first kappa shape index (κ1) is 16.1. The number of hydrogen-bond donors (Lipinski definition) is 2. The lowest BCUT2D eigenvalue weighted by atomic mass is 10.4. The Morgan fingerprint density at radius 1 is 1.47 bits per heavy atom. The summed E-state index contributed by atoms with van der Waals surface area (Å²) in [5, 5.41) is 2.92. The Kier molecular flexibility index (Phi) is 5.89. The maximum Gasteiger partial charge on any atom is 0.260 e. The van der Waals surface area contributed by atoms with Crippen LogP contribution in [0.15, 0.2) is 23.4 Å². The third-order valence-electron chi connectivity index (χ3n) is 2.23. The van der Waals surface area contributed by atoms with Gasteiger partial charge in [0.15, 0.2) is 5.03 Å². The van der Waals surface area contributed by atoms with Crippen LogP contribution < -0.4 is 10.0 Å². The Morgan fingerprint density at radius 2 is 2.16 bits per heavy atom. The average Bonchev–Trinajstić information content (AvgIpc) is 2.27. The minimum absolute atomic E-state index is 0.0365. The molecule has 0 amide bonds. The number of aromatic nitrogens is 1. The number of sulfonamides is 1. The summed E-state index contributed by atoms with van der Waals surface area (Å²) >= 11 is 0. The fourth-order valence-electron chi connectivity index (χ4n) is 1.64. The van der Waals surface area contributed by atoms with Crippen molar-refractivity contribution in [1.82, 2.24) is 9.71 Å². The Bertz CT molecular complexity index is 546. The zero-order valence-corrected chi connectivity index (χ0v) is 12.8. The van der Waals surface area contributed by atoms with Crippen LogP contribution in [0.4, 0.5) is 5.69 Å². The highest BCUT2D eigenvalue weighted by Gasteiger charge is 2.22. The van der Waals surface area contributed by atoms with Crippen molar-refractivity contribution in [3.05, 3.63) is 18.3 Å². The summed E-state index contributed by atoms with van der Waals surface area (Å²) in [6.45, 7) is 4.15. The molecule has 0 aliphatic rings. The molecule has 6 nitrogen and oxygen atoms in total. The van der Waals surface area contributed by atoms with Crippen LogP contribution in [-0.4, -0.2) is 42.2 Å². The van der Waals surface area contributed by atoms with E-state index in [2.05, 4.69) is 15.0 Å². The third kappa shape index (κ3) is 4.88. The Hall–Kier alpha value is -0.990. The lowest BCUT2D eigenvalue weighted by molar-refractivity contribution is 0.566. The SMILES string of the molecule is CCNc1cccnc1S(=O)(=O)NC(C)CS(C)=O. The van der Waals surface area contributed by atoms with Gasteiger partial charge in [-0.2, -0.15) is 0 Å². The average molecular weight is 305 g/mol. The van der Waals surface area contributed by atoms with Crippen LogP contribution in [0.3, 0.4) is 0 Å². The molecule has 0 aromatic carbocycles. The molecule has 1 rings (SSSR count). The van der Waals surface area contributed by atoms with Gasteiger partial charge in [0, 0.05) is 41.6 Å². The van der Waals surface area contributed by atoms with E-state index >= 15 is 0 Å². The first-order valence-electron chi connectivity index (χ1n) is 5.88. The lowest BCUT2D eigenvalue weighted by Crippen LogP contribution is -2.36. The van der Waals surface area contributed by atoms with Gasteiger partial charge in [0.25, 0.3) is 10.0 Å². The lowest BCUT2D eigenvalue weighted by Gasteiger charge is -2.14. The van der Waals surface area contributed by atoms with Crippen LogP contribution in [0.5, 0.6) is 0 Å². The van der Waals surface area contributed by atoms with Gasteiger partial charge in [0.1, 0.15) is 0 Å². The highest BCUT2D eigenvalue weighted by Crippen LogP contribution is 2.17. The second-order valence-corrected chi connectivity index (χ2v) is 7.26. The van der Waals surface area contributed by atoms with E-state index in [1.807, 2.05) is 6.92 Å². The molecule has 1 aromatic heterocycles. The van der Waals surface area contributed by atoms with Gasteiger partial charge in [-0.25, -0.2) is 18.1 Å². The molecule has 0 fully saturated rings. The first-order valence-corrected chi connectivity index (χ1v) is 9.09. The molecular weight excluding hydrogens is 286 g/mol. The number of pyridine rings is 1. The molecule has 2 atom stereocenters. The zero-order valence-electron chi connectivity index (χ0n) is 11.2. The number of hydrogen-bond acceptors (Lipinski definition) is 5. The topological polar surface area (TPSA) is 88.2 Å². The molecule has 0 bridgehead atoms. The molecule has 1 aromatic rings. The molecule has 0 spiro atoms. The Morgan fingerprint density at radius 3 is 2.74 bits per heavy atom. The predicted molar refractivity (Wildman–Crippen MR) is 77.1 cm³/mol. The van der Waals surface area contributed by atoms with Gasteiger partial charge in [-0.1, -0.05) is 0 Å². The van der Waals surface area contributed by atoms with E-state index in [9.17, 15) is 12.6 Å². The zero-order chi connectivity index (χ0) is 14.5. The van der Waals surface area contributed by atoms with Crippen molar-refractivity contribution >= 4 is 26.5 Å². The summed E-state index contributed by atoms with van der Waals surface area (Å²) in [6.07, 6.45) is 2.97. The van der Waals surface area contributed by atoms with Gasteiger partial charge in [0.2, 0.25) is 0 Å². The minimum atomic E-state index is -3.72. The van der Waals surface area contributed by atoms with Gasteiger partial charge in [-0.05, 0) is 26.0 Å². The minimum Gasteiger partial charge on any atom is -0.383 e. The van der Waals surface area contributed by atoms with Gasteiger partial charge in [-0.15, -0.1) is 0 Å². The molecule has 8 heteroatoms. The van der Waals surface area contributed by atoms with Crippen molar-refractivity contribution in [3.63, 3.8) is 0 Å². The second kappa shape index (κ2) is 6.97. The monoisotopic (exact) mass is 305 g/mol. The van der Waals surface area contributed by atoms with E-state index in [0.29, 0.717) is 12.2 Å². The normalized spacial score (nSPS) is 14.9. The first-order chi connectivity index (χ1) is 8.86. The van der Waals surface area contributed by atoms with E-state index in [-0.39, 0.29) is 10.8 Å². The van der Waals surface area contributed by atoms with Crippen LogP contribution in [0.25, 0.3) is 0 Å². The molecule has 19 heavy (non-hydrogen) atoms. The fraction of sp³-hybridized carbons (Fsp3) is 0.545. The summed E-state index contributed by atoms with van der Waals surface area (Å²) < 4.78 is 38.0. The molecular formula is C11H19N3O3S2. The van der Waals surface area contributed by atoms with Crippen LogP contribution in [0.2, 0.25) is 0 Å². The fourth-order valence-corrected chi connectivity index (χ4v) is 3.88. The molecule has 0 aliphatic carbocycles. The van der Waals surface area contributed by atoms with Gasteiger partial charge in [0.05, 0.1) is 5.69 Å². The quantitative estimate of drug-likeness (QED) is 0.768. The Balaban J connectivity index is 2.97. The maximum atomic E-state index is 12.2. The van der Waals surface area contributed by atoms with Crippen LogP contribution in [-0.2, 0) is 20.8 Å². The number of rotatable bonds is 7. The van der Waals surface area contributed by atoms with Crippen LogP contribution in [0.1, 0.15) is 13.8 Å². The molecule has 0 aliphatic heterocycles. The molecule has 0 saturated carbocycles. The highest BCUT2D eigenvalue weighted by atomic mass is 32.2. The van der Waals surface area contributed by atoms with Gasteiger partial charge in [-0.3, -0.25) is 4.21 Å². The number of nitrogens with zero attached hydrogens (tertiary/aromatic N) is 1. The van der Waals surface area contributed by atoms with Crippen molar-refractivity contribution in [2.75, 3.05) is 23.9 Å². The standard InChI is InChI=1S/C11H19N3O3S2/c1-4-12-10-6-5-7-13-11(10)19(16,17)14-9(2)8-18(3)15/h5-7,9,12,14H,4,8H2,1-3H3. The summed E-state index contributed by atoms with van der Waals surface area (Å²) in [6, 6.07) is 2.92. The van der Waals surface area contributed by atoms with Crippen molar-refractivity contribution in [3.8, 4) is 0 Å². The van der Waals surface area contributed by atoms with Gasteiger partial charge < -0.3 is 5.32 Å². The highest BCUT2D eigenvalue weighted by molar-refractivity contribution is 7.89. The largest absolute Gasteiger partial charge is 0.383 e. The van der Waals surface area contributed by atoms with E-state index in [1.165, 1.54) is 12.5 Å². The molecule has 2 N–H and O–H groups in total. The molecule has 0 radical (unpaired) electrons. The van der Waals surface area contributed by atoms with E-state index in [1.54, 1.807) is 19.1 Å². The summed E-state index contributed by atoms with van der Waals surface area (Å²) in [5.74, 6) is 0.266. The Labute approximate surface area is 116 Å². The number of anilines is 1. The van der Waals surface area contributed by atoms with E-state index in [4.69, 9.17) is 0 Å². The number of nitrogens with one attached hydrogen (secondary N) is 2. The van der Waals surface area contributed by atoms with E-state index < -0.39 is 26.9 Å². The third-order valence-corrected chi connectivity index (χ3v) is 4.75. The molecule has 1 heterocycles.